The Morgan fingerprint density at radius 1 is 1.00 bits per heavy atom. The summed E-state index contributed by atoms with van der Waals surface area (Å²) in [4.78, 5) is 12.8. The monoisotopic (exact) mass is 358 g/mol. The van der Waals surface area contributed by atoms with Gasteiger partial charge in [-0.1, -0.05) is 63.9 Å². The van der Waals surface area contributed by atoms with E-state index in [2.05, 4.69) is 15.9 Å². The van der Waals surface area contributed by atoms with E-state index in [1.165, 1.54) is 0 Å². The molecule has 0 unspecified atom stereocenters. The second-order valence-corrected chi connectivity index (χ2v) is 6.20. The van der Waals surface area contributed by atoms with Gasteiger partial charge in [0.05, 0.1) is 0 Å². The first kappa shape index (κ1) is 14.3. The van der Waals surface area contributed by atoms with Gasteiger partial charge in [0.15, 0.2) is 5.78 Å². The largest absolute Gasteiger partial charge is 0.289 e. The van der Waals surface area contributed by atoms with Gasteiger partial charge in [-0.2, -0.15) is 0 Å². The molecule has 0 spiro atoms. The molecule has 0 atom stereocenters. The molecule has 0 radical (unpaired) electrons. The molecule has 3 aromatic carbocycles. The summed E-state index contributed by atoms with van der Waals surface area (Å²) in [5, 5.41) is 2.58. The average Bonchev–Trinajstić information content (AvgIpc) is 2.50. The van der Waals surface area contributed by atoms with E-state index < -0.39 is 0 Å². The molecule has 0 amide bonds. The molecule has 0 heterocycles. The summed E-state index contributed by atoms with van der Waals surface area (Å²) in [7, 11) is 0. The average molecular weight is 360 g/mol. The number of fused-ring (bicyclic) bond motifs is 1. The molecule has 3 rings (SSSR count). The van der Waals surface area contributed by atoms with Gasteiger partial charge < -0.3 is 0 Å². The fourth-order valence-corrected chi connectivity index (χ4v) is 3.01. The molecule has 0 saturated heterocycles. The molecule has 0 saturated carbocycles. The van der Waals surface area contributed by atoms with Gasteiger partial charge in [0, 0.05) is 20.6 Å². The molecule has 0 aliphatic carbocycles. The van der Waals surface area contributed by atoms with Crippen LogP contribution in [0.25, 0.3) is 10.8 Å². The fraction of sp³-hybridized carbons (Fsp3) is 0.0556. The standard InChI is InChI=1S/C18H12BrClO/c1-11-6-7-12(10-17(11)20)18(21)15-8-9-16(19)14-5-3-2-4-13(14)15/h2-10H,1H3. The third kappa shape index (κ3) is 2.61. The van der Waals surface area contributed by atoms with E-state index >= 15 is 0 Å². The Morgan fingerprint density at radius 2 is 1.71 bits per heavy atom. The number of hydrogen-bond donors (Lipinski definition) is 0. The maximum atomic E-state index is 12.8. The normalized spacial score (nSPS) is 10.8. The lowest BCUT2D eigenvalue weighted by Crippen LogP contribution is -2.02. The van der Waals surface area contributed by atoms with E-state index in [1.807, 2.05) is 55.5 Å². The van der Waals surface area contributed by atoms with Gasteiger partial charge in [-0.3, -0.25) is 4.79 Å². The molecule has 3 aromatic rings. The number of aryl methyl sites for hydroxylation is 1. The Morgan fingerprint density at radius 3 is 2.43 bits per heavy atom. The molecule has 0 bridgehead atoms. The van der Waals surface area contributed by atoms with E-state index in [-0.39, 0.29) is 5.78 Å². The predicted octanol–water partition coefficient (Wildman–Crippen LogP) is 5.80. The Bertz CT molecular complexity index is 855. The third-order valence-electron chi connectivity index (χ3n) is 3.55. The first-order chi connectivity index (χ1) is 10.1. The van der Waals surface area contributed by atoms with Crippen LogP contribution in [0, 0.1) is 6.92 Å². The Kier molecular flexibility index (Phi) is 3.83. The SMILES string of the molecule is Cc1ccc(C(=O)c2ccc(Br)c3ccccc23)cc1Cl. The van der Waals surface area contributed by atoms with Crippen LogP contribution in [0.15, 0.2) is 59.1 Å². The molecule has 1 nitrogen and oxygen atoms in total. The summed E-state index contributed by atoms with van der Waals surface area (Å²) in [6, 6.07) is 17.0. The van der Waals surface area contributed by atoms with E-state index in [4.69, 9.17) is 11.6 Å². The number of hydrogen-bond acceptors (Lipinski definition) is 1. The number of carbonyl (C=O) groups excluding carboxylic acids is 1. The van der Waals surface area contributed by atoms with Gasteiger partial charge in [0.2, 0.25) is 0 Å². The van der Waals surface area contributed by atoms with Crippen molar-refractivity contribution >= 4 is 44.1 Å². The number of benzene rings is 3. The Hall–Kier alpha value is -1.64. The van der Waals surface area contributed by atoms with Crippen molar-refractivity contribution in [2.24, 2.45) is 0 Å². The van der Waals surface area contributed by atoms with Crippen LogP contribution < -0.4 is 0 Å². The molecule has 0 aliphatic rings. The summed E-state index contributed by atoms with van der Waals surface area (Å²) < 4.78 is 0.983. The highest BCUT2D eigenvalue weighted by atomic mass is 79.9. The van der Waals surface area contributed by atoms with Crippen LogP contribution >= 0.6 is 27.5 Å². The van der Waals surface area contributed by atoms with Crippen molar-refractivity contribution in [1.82, 2.24) is 0 Å². The van der Waals surface area contributed by atoms with Gasteiger partial charge in [-0.15, -0.1) is 0 Å². The lowest BCUT2D eigenvalue weighted by molar-refractivity contribution is 0.104. The van der Waals surface area contributed by atoms with Crippen molar-refractivity contribution in [2.75, 3.05) is 0 Å². The van der Waals surface area contributed by atoms with Gasteiger partial charge in [0.25, 0.3) is 0 Å². The van der Waals surface area contributed by atoms with Gasteiger partial charge in [-0.05, 0) is 41.5 Å². The first-order valence-corrected chi connectivity index (χ1v) is 7.73. The highest BCUT2D eigenvalue weighted by molar-refractivity contribution is 9.10. The Labute approximate surface area is 136 Å². The zero-order chi connectivity index (χ0) is 15.0. The molecule has 0 N–H and O–H groups in total. The van der Waals surface area contributed by atoms with Crippen LogP contribution in [0.2, 0.25) is 5.02 Å². The molecule has 0 fully saturated rings. The molecular formula is C18H12BrClO. The van der Waals surface area contributed by atoms with Crippen molar-refractivity contribution in [2.45, 2.75) is 6.92 Å². The van der Waals surface area contributed by atoms with Crippen LogP contribution in [-0.4, -0.2) is 5.78 Å². The third-order valence-corrected chi connectivity index (χ3v) is 4.65. The van der Waals surface area contributed by atoms with E-state index in [1.54, 1.807) is 6.07 Å². The lowest BCUT2D eigenvalue weighted by atomic mass is 9.97. The van der Waals surface area contributed by atoms with Crippen molar-refractivity contribution in [3.63, 3.8) is 0 Å². The molecule has 3 heteroatoms. The van der Waals surface area contributed by atoms with Gasteiger partial charge in [0.1, 0.15) is 0 Å². The Balaban J connectivity index is 2.18. The predicted molar refractivity (Wildman–Crippen MR) is 91.3 cm³/mol. The van der Waals surface area contributed by atoms with Crippen LogP contribution in [0.1, 0.15) is 21.5 Å². The van der Waals surface area contributed by atoms with Crippen molar-refractivity contribution in [3.8, 4) is 0 Å². The second-order valence-electron chi connectivity index (χ2n) is 4.93. The number of ketones is 1. The van der Waals surface area contributed by atoms with E-state index in [0.29, 0.717) is 16.1 Å². The summed E-state index contributed by atoms with van der Waals surface area (Å²) in [6.07, 6.45) is 0. The highest BCUT2D eigenvalue weighted by Crippen LogP contribution is 2.29. The fourth-order valence-electron chi connectivity index (χ4n) is 2.35. The number of carbonyl (C=O) groups is 1. The van der Waals surface area contributed by atoms with Crippen LogP contribution in [0.3, 0.4) is 0 Å². The molecular weight excluding hydrogens is 348 g/mol. The molecule has 0 aromatic heterocycles. The zero-order valence-electron chi connectivity index (χ0n) is 11.4. The number of halogens is 2. The molecule has 21 heavy (non-hydrogen) atoms. The van der Waals surface area contributed by atoms with Crippen molar-refractivity contribution < 1.29 is 4.79 Å². The van der Waals surface area contributed by atoms with Crippen molar-refractivity contribution in [3.05, 3.63) is 80.8 Å². The zero-order valence-corrected chi connectivity index (χ0v) is 13.7. The quantitative estimate of drug-likeness (QED) is 0.529. The summed E-state index contributed by atoms with van der Waals surface area (Å²) >= 11 is 9.65. The summed E-state index contributed by atoms with van der Waals surface area (Å²) in [5.74, 6) is -0.0133. The highest BCUT2D eigenvalue weighted by Gasteiger charge is 2.14. The van der Waals surface area contributed by atoms with E-state index in [9.17, 15) is 4.79 Å². The maximum Gasteiger partial charge on any atom is 0.193 e. The molecule has 0 aliphatic heterocycles. The number of rotatable bonds is 2. The minimum Gasteiger partial charge on any atom is -0.289 e. The lowest BCUT2D eigenvalue weighted by Gasteiger charge is -2.08. The first-order valence-electron chi connectivity index (χ1n) is 6.56. The topological polar surface area (TPSA) is 17.1 Å². The minimum absolute atomic E-state index is 0.0133. The van der Waals surface area contributed by atoms with E-state index in [0.717, 1.165) is 20.8 Å². The van der Waals surface area contributed by atoms with Gasteiger partial charge in [-0.25, -0.2) is 0 Å². The summed E-state index contributed by atoms with van der Waals surface area (Å²) in [6.45, 7) is 1.92. The van der Waals surface area contributed by atoms with Crippen LogP contribution in [0.4, 0.5) is 0 Å². The minimum atomic E-state index is -0.0133. The summed E-state index contributed by atoms with van der Waals surface area (Å²) in [5.41, 5.74) is 2.26. The van der Waals surface area contributed by atoms with Crippen molar-refractivity contribution in [1.29, 1.82) is 0 Å². The van der Waals surface area contributed by atoms with Gasteiger partial charge >= 0.3 is 0 Å². The van der Waals surface area contributed by atoms with Crippen LogP contribution in [-0.2, 0) is 0 Å². The second kappa shape index (κ2) is 5.63. The molecule has 104 valence electrons. The smallest absolute Gasteiger partial charge is 0.193 e. The maximum absolute atomic E-state index is 12.8. The van der Waals surface area contributed by atoms with Crippen LogP contribution in [0.5, 0.6) is 0 Å².